The molecule has 0 saturated heterocycles. The van der Waals surface area contributed by atoms with Crippen LogP contribution in [0.3, 0.4) is 0 Å². The molecule has 0 saturated carbocycles. The van der Waals surface area contributed by atoms with E-state index in [-0.39, 0.29) is 29.7 Å². The molecule has 46 heavy (non-hydrogen) atoms. The van der Waals surface area contributed by atoms with Gasteiger partial charge in [0, 0.05) is 19.6 Å². The van der Waals surface area contributed by atoms with Crippen LogP contribution in [0.15, 0.2) is 88.6 Å². The van der Waals surface area contributed by atoms with Gasteiger partial charge in [0.2, 0.25) is 10.0 Å². The Hall–Kier alpha value is -4.94. The summed E-state index contributed by atoms with van der Waals surface area (Å²) in [5.41, 5.74) is 5.72. The van der Waals surface area contributed by atoms with Crippen LogP contribution in [0.1, 0.15) is 34.2 Å². The predicted molar refractivity (Wildman–Crippen MR) is 175 cm³/mol. The van der Waals surface area contributed by atoms with Crippen molar-refractivity contribution >= 4 is 27.0 Å². The third-order valence-corrected chi connectivity index (χ3v) is 10.3. The van der Waals surface area contributed by atoms with Gasteiger partial charge in [0.05, 0.1) is 25.2 Å². The smallest absolute Gasteiger partial charge is 0.328 e. The number of aromatic nitrogens is 4. The van der Waals surface area contributed by atoms with Crippen molar-refractivity contribution in [3.63, 3.8) is 0 Å². The average Bonchev–Trinajstić information content (AvgIpc) is 3.39. The fourth-order valence-corrected chi connectivity index (χ4v) is 7.50. The number of anilines is 1. The predicted octanol–water partition coefficient (Wildman–Crippen LogP) is 4.42. The number of fused-ring (bicyclic) bond motifs is 5. The molecule has 0 atom stereocenters. The van der Waals surface area contributed by atoms with E-state index in [9.17, 15) is 13.2 Å². The first-order valence-corrected chi connectivity index (χ1v) is 16.7. The van der Waals surface area contributed by atoms with E-state index in [0.717, 1.165) is 33.6 Å². The molecule has 7 rings (SSSR count). The highest BCUT2D eigenvalue weighted by Crippen LogP contribution is 2.30. The van der Waals surface area contributed by atoms with E-state index < -0.39 is 10.0 Å². The lowest BCUT2D eigenvalue weighted by Gasteiger charge is -2.30. The van der Waals surface area contributed by atoms with Crippen LogP contribution in [0, 0.1) is 0 Å². The van der Waals surface area contributed by atoms with Crippen LogP contribution in [-0.4, -0.2) is 52.5 Å². The molecule has 5 aromatic rings. The second-order valence-corrected chi connectivity index (χ2v) is 13.3. The van der Waals surface area contributed by atoms with Crippen LogP contribution in [0.2, 0.25) is 0 Å². The first-order chi connectivity index (χ1) is 22.4. The number of nitrogens with zero attached hydrogens (tertiary/aromatic N) is 4. The maximum atomic E-state index is 13.5. The van der Waals surface area contributed by atoms with Gasteiger partial charge in [-0.3, -0.25) is 4.57 Å². The van der Waals surface area contributed by atoms with E-state index >= 15 is 0 Å². The molecule has 0 amide bonds. The number of benzene rings is 3. The summed E-state index contributed by atoms with van der Waals surface area (Å²) in [6, 6.07) is 20.6. The van der Waals surface area contributed by atoms with Crippen LogP contribution in [0.5, 0.6) is 11.8 Å². The molecule has 4 bridgehead atoms. The first-order valence-electron chi connectivity index (χ1n) is 15.2. The van der Waals surface area contributed by atoms with Gasteiger partial charge in [0.25, 0.3) is 0 Å². The molecule has 2 N–H and O–H groups in total. The van der Waals surface area contributed by atoms with Crippen LogP contribution in [-0.2, 0) is 42.5 Å². The average molecular weight is 639 g/mol. The molecule has 11 nitrogen and oxygen atoms in total. The zero-order chi connectivity index (χ0) is 31.7. The van der Waals surface area contributed by atoms with Crippen molar-refractivity contribution in [3.8, 4) is 11.8 Å². The van der Waals surface area contributed by atoms with Crippen LogP contribution in [0.4, 0.5) is 5.82 Å². The summed E-state index contributed by atoms with van der Waals surface area (Å²) in [6.07, 6.45) is 6.15. The van der Waals surface area contributed by atoms with Crippen LogP contribution < -0.4 is 20.5 Å². The van der Waals surface area contributed by atoms with Gasteiger partial charge in [-0.2, -0.15) is 14.3 Å². The van der Waals surface area contributed by atoms with Gasteiger partial charge in [0.15, 0.2) is 11.5 Å². The molecule has 2 aromatic heterocycles. The highest BCUT2D eigenvalue weighted by Gasteiger charge is 2.29. The quantitative estimate of drug-likeness (QED) is 0.262. The Morgan fingerprint density at radius 2 is 1.80 bits per heavy atom. The Morgan fingerprint density at radius 1 is 1.00 bits per heavy atom. The number of rotatable bonds is 6. The maximum absolute atomic E-state index is 13.5. The standard InChI is InChI=1S/C34H34N6O5S/c1-44-27-13-11-23(12-14-27)20-35-31-30-32-38-33(37-31)45-17-7-3-4-8-25-18-24(21-40(32)34(41)36-30)19-26-22-39(16-15-29(25)26)46(42,43)28-9-5-2-6-10-28/h2-6,9-14,18-19H,7-8,15-17,20-22H2,1H3,(H,36,41)(H,35,37,38). The van der Waals surface area contributed by atoms with E-state index in [1.807, 2.05) is 36.4 Å². The van der Waals surface area contributed by atoms with Crippen LogP contribution in [0.25, 0.3) is 11.2 Å². The van der Waals surface area contributed by atoms with Crippen molar-refractivity contribution in [2.24, 2.45) is 0 Å². The number of sulfonamides is 1. The number of allylic oxidation sites excluding steroid dienone is 1. The summed E-state index contributed by atoms with van der Waals surface area (Å²) in [7, 11) is -2.03. The van der Waals surface area contributed by atoms with Crippen molar-refractivity contribution < 1.29 is 17.9 Å². The maximum Gasteiger partial charge on any atom is 0.328 e. The Kier molecular flexibility index (Phi) is 8.05. The topological polar surface area (TPSA) is 131 Å². The summed E-state index contributed by atoms with van der Waals surface area (Å²) in [6.45, 7) is 1.74. The van der Waals surface area contributed by atoms with Crippen molar-refractivity contribution in [3.05, 3.63) is 117 Å². The monoisotopic (exact) mass is 638 g/mol. The van der Waals surface area contributed by atoms with E-state index in [1.54, 1.807) is 40.2 Å². The molecular weight excluding hydrogens is 604 g/mol. The summed E-state index contributed by atoms with van der Waals surface area (Å²) >= 11 is 0. The lowest BCUT2D eigenvalue weighted by atomic mass is 9.91. The molecule has 0 unspecified atom stereocenters. The SMILES string of the molecule is COc1ccc(CNc2nc3nc4c2[nH]c(=O)n4Cc2cc(c4c(c2)CN(S(=O)(=O)c2ccccc2)CC4)CC=CCCO3)cc1. The van der Waals surface area contributed by atoms with Crippen molar-refractivity contribution in [1.82, 2.24) is 23.8 Å². The van der Waals surface area contributed by atoms with Crippen molar-refractivity contribution in [2.75, 3.05) is 25.6 Å². The van der Waals surface area contributed by atoms with E-state index in [4.69, 9.17) is 9.47 Å². The normalized spacial score (nSPS) is 15.2. The van der Waals surface area contributed by atoms with Gasteiger partial charge in [-0.15, -0.1) is 0 Å². The van der Waals surface area contributed by atoms with Crippen LogP contribution >= 0.6 is 0 Å². The summed E-state index contributed by atoms with van der Waals surface area (Å²) in [5, 5.41) is 3.34. The molecule has 0 radical (unpaired) electrons. The zero-order valence-electron chi connectivity index (χ0n) is 25.4. The van der Waals surface area contributed by atoms with Gasteiger partial charge >= 0.3 is 11.7 Å². The van der Waals surface area contributed by atoms with Gasteiger partial charge in [-0.05, 0) is 71.3 Å². The fourth-order valence-electron chi connectivity index (χ4n) is 6.06. The molecule has 12 heteroatoms. The summed E-state index contributed by atoms with van der Waals surface area (Å²) in [4.78, 5) is 25.9. The highest BCUT2D eigenvalue weighted by molar-refractivity contribution is 7.89. The third-order valence-electron chi connectivity index (χ3n) is 8.42. The molecular formula is C34H34N6O5S. The lowest BCUT2D eigenvalue weighted by Crippen LogP contribution is -2.36. The zero-order valence-corrected chi connectivity index (χ0v) is 26.2. The van der Waals surface area contributed by atoms with E-state index in [1.165, 1.54) is 0 Å². The molecule has 236 valence electrons. The number of ether oxygens (including phenoxy) is 2. The number of hydrogen-bond donors (Lipinski definition) is 2. The van der Waals surface area contributed by atoms with Gasteiger partial charge < -0.3 is 19.8 Å². The molecule has 0 fully saturated rings. The minimum atomic E-state index is -3.65. The number of nitrogens with one attached hydrogen (secondary N) is 2. The second kappa shape index (κ2) is 12.5. The van der Waals surface area contributed by atoms with Crippen molar-refractivity contribution in [1.29, 1.82) is 0 Å². The molecule has 2 aliphatic heterocycles. The molecule has 4 heterocycles. The molecule has 0 spiro atoms. The fraction of sp³-hybridized carbons (Fsp3) is 0.265. The van der Waals surface area contributed by atoms with E-state index in [0.29, 0.717) is 55.9 Å². The molecule has 0 aliphatic carbocycles. The largest absolute Gasteiger partial charge is 0.497 e. The summed E-state index contributed by atoms with van der Waals surface area (Å²) in [5.74, 6) is 1.23. The highest BCUT2D eigenvalue weighted by atomic mass is 32.2. The number of methoxy groups -OCH3 is 1. The van der Waals surface area contributed by atoms with E-state index in [2.05, 4.69) is 38.5 Å². The first kappa shape index (κ1) is 29.8. The Bertz CT molecular complexity index is 2090. The van der Waals surface area contributed by atoms with Gasteiger partial charge in [-0.25, -0.2) is 13.2 Å². The summed E-state index contributed by atoms with van der Waals surface area (Å²) < 4.78 is 41.3. The molecule has 2 aliphatic rings. The minimum Gasteiger partial charge on any atom is -0.497 e. The number of H-pyrrole nitrogens is 1. The van der Waals surface area contributed by atoms with Crippen molar-refractivity contribution in [2.45, 2.75) is 43.8 Å². The lowest BCUT2D eigenvalue weighted by molar-refractivity contribution is 0.300. The van der Waals surface area contributed by atoms with Gasteiger partial charge in [0.1, 0.15) is 11.3 Å². The minimum absolute atomic E-state index is 0.177. The number of aromatic amines is 1. The number of hydrogen-bond acceptors (Lipinski definition) is 8. The Morgan fingerprint density at radius 3 is 2.61 bits per heavy atom. The van der Waals surface area contributed by atoms with Gasteiger partial charge in [-0.1, -0.05) is 54.6 Å². The Balaban J connectivity index is 1.25. The molecule has 3 aromatic carbocycles. The number of imidazole rings is 1. The Labute approximate surface area is 266 Å². The second-order valence-electron chi connectivity index (χ2n) is 11.4. The third kappa shape index (κ3) is 5.88.